The van der Waals surface area contributed by atoms with Crippen molar-refractivity contribution in [3.63, 3.8) is 0 Å². The minimum atomic E-state index is -0.759. The highest BCUT2D eigenvalue weighted by Gasteiger charge is 2.39. The molecule has 1 atom stereocenters. The van der Waals surface area contributed by atoms with E-state index in [1.807, 2.05) is 13.0 Å². The van der Waals surface area contributed by atoms with E-state index in [4.69, 9.17) is 9.47 Å². The number of benzene rings is 1. The quantitative estimate of drug-likeness (QED) is 0.459. The second kappa shape index (κ2) is 7.56. The number of imide groups is 1. The summed E-state index contributed by atoms with van der Waals surface area (Å²) in [5, 5.41) is 2.56. The molecule has 1 N–H and O–H groups in total. The van der Waals surface area contributed by atoms with E-state index in [-0.39, 0.29) is 13.2 Å². The van der Waals surface area contributed by atoms with Crippen LogP contribution in [0, 0.1) is 0 Å². The van der Waals surface area contributed by atoms with E-state index in [1.54, 1.807) is 24.3 Å². The summed E-state index contributed by atoms with van der Waals surface area (Å²) in [4.78, 5) is 36.6. The van der Waals surface area contributed by atoms with E-state index in [1.165, 1.54) is 0 Å². The van der Waals surface area contributed by atoms with Gasteiger partial charge in [0.15, 0.2) is 0 Å². The molecule has 1 heterocycles. The molecule has 0 bridgehead atoms. The van der Waals surface area contributed by atoms with Crippen LogP contribution in [0.5, 0.6) is 0 Å². The standard InChI is InChI=1S/C15H18N2O5/c1-2-21-8-9-22-12(18)10-17-14(19)13(16-15(17)20)11-6-4-3-5-7-11/h3-7,13H,2,8-10H2,1H3,(H,16,20). The van der Waals surface area contributed by atoms with Crippen molar-refractivity contribution in [2.45, 2.75) is 13.0 Å². The third-order valence-electron chi connectivity index (χ3n) is 3.14. The minimum absolute atomic E-state index is 0.0957. The molecule has 1 saturated heterocycles. The Hall–Kier alpha value is -2.41. The Kier molecular flexibility index (Phi) is 5.48. The minimum Gasteiger partial charge on any atom is -0.462 e. The number of carbonyl (C=O) groups excluding carboxylic acids is 3. The van der Waals surface area contributed by atoms with Crippen LogP contribution >= 0.6 is 0 Å². The molecule has 22 heavy (non-hydrogen) atoms. The van der Waals surface area contributed by atoms with Gasteiger partial charge in [-0.2, -0.15) is 0 Å². The van der Waals surface area contributed by atoms with Crippen LogP contribution < -0.4 is 5.32 Å². The first-order valence-electron chi connectivity index (χ1n) is 7.03. The maximum atomic E-state index is 12.2. The van der Waals surface area contributed by atoms with Gasteiger partial charge >= 0.3 is 12.0 Å². The summed E-state index contributed by atoms with van der Waals surface area (Å²) in [7, 11) is 0. The van der Waals surface area contributed by atoms with E-state index in [0.29, 0.717) is 12.2 Å². The van der Waals surface area contributed by atoms with Crippen LogP contribution in [-0.2, 0) is 19.1 Å². The Morgan fingerprint density at radius 2 is 1.95 bits per heavy atom. The lowest BCUT2D eigenvalue weighted by molar-refractivity contribution is -0.148. The Labute approximate surface area is 128 Å². The molecule has 0 spiro atoms. The second-order valence-corrected chi connectivity index (χ2v) is 4.63. The van der Waals surface area contributed by atoms with Crippen LogP contribution in [0.15, 0.2) is 30.3 Å². The maximum absolute atomic E-state index is 12.2. The fourth-order valence-corrected chi connectivity index (χ4v) is 2.07. The lowest BCUT2D eigenvalue weighted by Crippen LogP contribution is -2.36. The summed E-state index contributed by atoms with van der Waals surface area (Å²) < 4.78 is 9.94. The van der Waals surface area contributed by atoms with Gasteiger partial charge in [0, 0.05) is 6.61 Å². The Bertz CT molecular complexity index is 546. The number of ether oxygens (including phenoxy) is 2. The number of hydrogen-bond acceptors (Lipinski definition) is 5. The van der Waals surface area contributed by atoms with Gasteiger partial charge in [-0.15, -0.1) is 0 Å². The van der Waals surface area contributed by atoms with Gasteiger partial charge in [0.25, 0.3) is 5.91 Å². The van der Waals surface area contributed by atoms with Gasteiger partial charge in [-0.1, -0.05) is 30.3 Å². The van der Waals surface area contributed by atoms with Gasteiger partial charge in [-0.3, -0.25) is 14.5 Å². The van der Waals surface area contributed by atoms with E-state index in [2.05, 4.69) is 5.32 Å². The fraction of sp³-hybridized carbons (Fsp3) is 0.400. The van der Waals surface area contributed by atoms with Crippen molar-refractivity contribution in [3.05, 3.63) is 35.9 Å². The zero-order valence-electron chi connectivity index (χ0n) is 12.3. The van der Waals surface area contributed by atoms with Crippen molar-refractivity contribution < 1.29 is 23.9 Å². The van der Waals surface area contributed by atoms with Gasteiger partial charge < -0.3 is 14.8 Å². The van der Waals surface area contributed by atoms with Crippen molar-refractivity contribution in [1.82, 2.24) is 10.2 Å². The molecule has 2 rings (SSSR count). The Morgan fingerprint density at radius 1 is 1.23 bits per heavy atom. The number of nitrogens with one attached hydrogen (secondary N) is 1. The summed E-state index contributed by atoms with van der Waals surface area (Å²) >= 11 is 0. The predicted octanol–water partition coefficient (Wildman–Crippen LogP) is 0.859. The van der Waals surface area contributed by atoms with Crippen LogP contribution in [0.4, 0.5) is 4.79 Å². The molecule has 7 heteroatoms. The van der Waals surface area contributed by atoms with E-state index >= 15 is 0 Å². The van der Waals surface area contributed by atoms with Gasteiger partial charge in [0.05, 0.1) is 6.61 Å². The lowest BCUT2D eigenvalue weighted by Gasteiger charge is -2.12. The SMILES string of the molecule is CCOCCOC(=O)CN1C(=O)NC(c2ccccc2)C1=O. The molecule has 1 aliphatic rings. The van der Waals surface area contributed by atoms with Gasteiger partial charge in [-0.25, -0.2) is 4.79 Å². The molecule has 0 aromatic heterocycles. The Balaban J connectivity index is 1.91. The van der Waals surface area contributed by atoms with Crippen molar-refractivity contribution in [2.24, 2.45) is 0 Å². The van der Waals surface area contributed by atoms with Gasteiger partial charge in [0.1, 0.15) is 19.2 Å². The molecule has 118 valence electrons. The molecule has 3 amide bonds. The first kappa shape index (κ1) is 16.0. The smallest absolute Gasteiger partial charge is 0.326 e. The third kappa shape index (κ3) is 3.82. The number of urea groups is 1. The molecule has 1 aromatic rings. The zero-order valence-corrected chi connectivity index (χ0v) is 12.3. The van der Waals surface area contributed by atoms with Crippen molar-refractivity contribution in [2.75, 3.05) is 26.4 Å². The topological polar surface area (TPSA) is 84.9 Å². The van der Waals surface area contributed by atoms with Crippen LogP contribution in [0.2, 0.25) is 0 Å². The molecule has 0 radical (unpaired) electrons. The summed E-state index contributed by atoms with van der Waals surface area (Å²) in [5.74, 6) is -1.10. The summed E-state index contributed by atoms with van der Waals surface area (Å²) in [5.41, 5.74) is 0.674. The molecular weight excluding hydrogens is 288 g/mol. The van der Waals surface area contributed by atoms with Crippen molar-refractivity contribution in [1.29, 1.82) is 0 Å². The van der Waals surface area contributed by atoms with Crippen molar-refractivity contribution >= 4 is 17.9 Å². The zero-order chi connectivity index (χ0) is 15.9. The highest BCUT2D eigenvalue weighted by atomic mass is 16.6. The van der Waals surface area contributed by atoms with E-state index in [0.717, 1.165) is 4.90 Å². The van der Waals surface area contributed by atoms with Gasteiger partial charge in [0.2, 0.25) is 0 Å². The van der Waals surface area contributed by atoms with Crippen LogP contribution in [0.25, 0.3) is 0 Å². The molecule has 1 aliphatic heterocycles. The number of nitrogens with zero attached hydrogens (tertiary/aromatic N) is 1. The summed E-state index contributed by atoms with van der Waals surface area (Å²) in [6.45, 7) is 2.34. The average Bonchev–Trinajstić information content (AvgIpc) is 2.80. The first-order valence-corrected chi connectivity index (χ1v) is 7.03. The lowest BCUT2D eigenvalue weighted by atomic mass is 10.1. The Morgan fingerprint density at radius 3 is 2.64 bits per heavy atom. The average molecular weight is 306 g/mol. The number of rotatable bonds is 7. The monoisotopic (exact) mass is 306 g/mol. The van der Waals surface area contributed by atoms with Crippen molar-refractivity contribution in [3.8, 4) is 0 Å². The summed E-state index contributed by atoms with van der Waals surface area (Å²) in [6.07, 6.45) is 0. The highest BCUT2D eigenvalue weighted by molar-refractivity contribution is 6.06. The number of hydrogen-bond donors (Lipinski definition) is 1. The number of amides is 3. The van der Waals surface area contributed by atoms with Crippen LogP contribution in [-0.4, -0.2) is 49.2 Å². The molecule has 1 unspecified atom stereocenters. The van der Waals surface area contributed by atoms with E-state index in [9.17, 15) is 14.4 Å². The highest BCUT2D eigenvalue weighted by Crippen LogP contribution is 2.21. The fourth-order valence-electron chi connectivity index (χ4n) is 2.07. The summed E-state index contributed by atoms with van der Waals surface area (Å²) in [6, 6.07) is 7.50. The molecule has 1 fully saturated rings. The predicted molar refractivity (Wildman–Crippen MR) is 76.9 cm³/mol. The maximum Gasteiger partial charge on any atom is 0.326 e. The van der Waals surface area contributed by atoms with Gasteiger partial charge in [-0.05, 0) is 12.5 Å². The third-order valence-corrected chi connectivity index (χ3v) is 3.14. The number of carbonyl (C=O) groups is 3. The molecule has 7 nitrogen and oxygen atoms in total. The largest absolute Gasteiger partial charge is 0.462 e. The van der Waals surface area contributed by atoms with Crippen LogP contribution in [0.1, 0.15) is 18.5 Å². The first-order chi connectivity index (χ1) is 10.6. The molecule has 0 aliphatic carbocycles. The van der Waals surface area contributed by atoms with E-state index < -0.39 is 30.5 Å². The second-order valence-electron chi connectivity index (χ2n) is 4.63. The number of esters is 1. The molecular formula is C15H18N2O5. The molecule has 1 aromatic carbocycles. The van der Waals surface area contributed by atoms with Crippen LogP contribution in [0.3, 0.4) is 0 Å². The molecule has 0 saturated carbocycles. The normalized spacial score (nSPS) is 17.5.